The second kappa shape index (κ2) is 9.45. The lowest BCUT2D eigenvalue weighted by atomic mass is 10.1. The normalized spacial score (nSPS) is 16.7. The average Bonchev–Trinajstić information content (AvgIpc) is 3.12. The molecule has 8 heteroatoms. The van der Waals surface area contributed by atoms with Gasteiger partial charge in [-0.2, -0.15) is 0 Å². The summed E-state index contributed by atoms with van der Waals surface area (Å²) in [6.07, 6.45) is 2.17. The molecule has 0 radical (unpaired) electrons. The smallest absolute Gasteiger partial charge is 0.257 e. The van der Waals surface area contributed by atoms with Crippen LogP contribution >= 0.6 is 0 Å². The SMILES string of the molecule is CCN1CCCC1CNC(=O)c1c(NC(C)=O)c(OC)cc(OC)c1OC. The van der Waals surface area contributed by atoms with Crippen molar-refractivity contribution in [3.63, 3.8) is 0 Å². The Morgan fingerprint density at radius 1 is 1.19 bits per heavy atom. The number of likely N-dealkylation sites (tertiary alicyclic amines) is 1. The molecule has 8 nitrogen and oxygen atoms in total. The highest BCUT2D eigenvalue weighted by atomic mass is 16.5. The Morgan fingerprint density at radius 3 is 2.44 bits per heavy atom. The van der Waals surface area contributed by atoms with Crippen LogP contribution in [-0.4, -0.2) is 63.7 Å². The largest absolute Gasteiger partial charge is 0.494 e. The Hall–Kier alpha value is -2.48. The van der Waals surface area contributed by atoms with Crippen molar-refractivity contribution in [1.29, 1.82) is 0 Å². The maximum absolute atomic E-state index is 13.0. The van der Waals surface area contributed by atoms with Gasteiger partial charge in [-0.25, -0.2) is 0 Å². The van der Waals surface area contributed by atoms with Crippen LogP contribution in [-0.2, 0) is 4.79 Å². The second-order valence-electron chi connectivity index (χ2n) is 6.38. The van der Waals surface area contributed by atoms with Crippen molar-refractivity contribution < 1.29 is 23.8 Å². The van der Waals surface area contributed by atoms with Crippen molar-refractivity contribution in [2.75, 3.05) is 46.3 Å². The quantitative estimate of drug-likeness (QED) is 0.717. The summed E-state index contributed by atoms with van der Waals surface area (Å²) in [6, 6.07) is 1.89. The first kappa shape index (κ1) is 20.8. The van der Waals surface area contributed by atoms with E-state index in [0.717, 1.165) is 25.9 Å². The Bertz CT molecular complexity index is 692. The number of ether oxygens (including phenoxy) is 3. The Kier molecular flexibility index (Phi) is 7.29. The van der Waals surface area contributed by atoms with E-state index < -0.39 is 0 Å². The molecule has 0 saturated carbocycles. The zero-order valence-electron chi connectivity index (χ0n) is 16.7. The molecule has 1 heterocycles. The third-order valence-electron chi connectivity index (χ3n) is 4.78. The van der Waals surface area contributed by atoms with Crippen molar-refractivity contribution >= 4 is 17.5 Å². The Morgan fingerprint density at radius 2 is 1.89 bits per heavy atom. The maximum Gasteiger partial charge on any atom is 0.257 e. The third kappa shape index (κ3) is 4.63. The summed E-state index contributed by atoms with van der Waals surface area (Å²) >= 11 is 0. The molecule has 1 aliphatic rings. The molecule has 1 atom stereocenters. The molecular weight excluding hydrogens is 350 g/mol. The molecule has 150 valence electrons. The number of carbonyl (C=O) groups excluding carboxylic acids is 2. The van der Waals surface area contributed by atoms with Gasteiger partial charge in [-0.05, 0) is 25.9 Å². The molecule has 1 unspecified atom stereocenters. The number of hydrogen-bond acceptors (Lipinski definition) is 6. The zero-order chi connectivity index (χ0) is 20.0. The average molecular weight is 379 g/mol. The predicted octanol–water partition coefficient (Wildman–Crippen LogP) is 1.88. The van der Waals surface area contributed by atoms with Gasteiger partial charge in [-0.15, -0.1) is 0 Å². The van der Waals surface area contributed by atoms with Crippen molar-refractivity contribution in [2.45, 2.75) is 32.7 Å². The van der Waals surface area contributed by atoms with Gasteiger partial charge in [0.2, 0.25) is 5.91 Å². The predicted molar refractivity (Wildman–Crippen MR) is 103 cm³/mol. The van der Waals surface area contributed by atoms with E-state index in [9.17, 15) is 9.59 Å². The van der Waals surface area contributed by atoms with E-state index in [0.29, 0.717) is 24.1 Å². The lowest BCUT2D eigenvalue weighted by molar-refractivity contribution is -0.114. The van der Waals surface area contributed by atoms with Gasteiger partial charge in [0, 0.05) is 25.6 Å². The van der Waals surface area contributed by atoms with Crippen LogP contribution in [0.3, 0.4) is 0 Å². The number of anilines is 1. The molecule has 2 N–H and O–H groups in total. The fourth-order valence-electron chi connectivity index (χ4n) is 3.49. The number of nitrogens with zero attached hydrogens (tertiary/aromatic N) is 1. The van der Waals surface area contributed by atoms with E-state index in [2.05, 4.69) is 22.5 Å². The van der Waals surface area contributed by atoms with Gasteiger partial charge >= 0.3 is 0 Å². The highest BCUT2D eigenvalue weighted by Gasteiger charge is 2.28. The van der Waals surface area contributed by atoms with Crippen LogP contribution < -0.4 is 24.8 Å². The number of rotatable bonds is 8. The molecule has 1 aromatic carbocycles. The van der Waals surface area contributed by atoms with Crippen molar-refractivity contribution in [3.8, 4) is 17.2 Å². The van der Waals surface area contributed by atoms with E-state index in [1.54, 1.807) is 6.07 Å². The van der Waals surface area contributed by atoms with Gasteiger partial charge in [0.05, 0.1) is 21.3 Å². The second-order valence-corrected chi connectivity index (χ2v) is 6.38. The summed E-state index contributed by atoms with van der Waals surface area (Å²) in [5.74, 6) is 0.255. The molecule has 1 fully saturated rings. The number of nitrogens with one attached hydrogen (secondary N) is 2. The summed E-state index contributed by atoms with van der Waals surface area (Å²) < 4.78 is 16.1. The summed E-state index contributed by atoms with van der Waals surface area (Å²) in [4.78, 5) is 27.1. The van der Waals surface area contributed by atoms with Gasteiger partial charge in [-0.3, -0.25) is 14.5 Å². The highest BCUT2D eigenvalue weighted by molar-refractivity contribution is 6.08. The number of hydrogen-bond donors (Lipinski definition) is 2. The maximum atomic E-state index is 13.0. The number of methoxy groups -OCH3 is 3. The van der Waals surface area contributed by atoms with E-state index >= 15 is 0 Å². The number of likely N-dealkylation sites (N-methyl/N-ethyl adjacent to an activating group) is 1. The van der Waals surface area contributed by atoms with Crippen molar-refractivity contribution in [3.05, 3.63) is 11.6 Å². The first-order chi connectivity index (χ1) is 13.0. The molecule has 1 aromatic rings. The van der Waals surface area contributed by atoms with Gasteiger partial charge in [0.1, 0.15) is 17.0 Å². The van der Waals surface area contributed by atoms with E-state index in [1.807, 2.05) is 0 Å². The lowest BCUT2D eigenvalue weighted by Crippen LogP contribution is -2.40. The molecule has 27 heavy (non-hydrogen) atoms. The Labute approximate surface area is 160 Å². The van der Waals surface area contributed by atoms with Crippen LogP contribution in [0.25, 0.3) is 0 Å². The standard InChI is InChI=1S/C19H29N3O5/c1-6-22-9-7-8-13(22)11-20-19(24)16-17(21-12(2)23)14(25-3)10-15(26-4)18(16)27-5/h10,13H,6-9,11H2,1-5H3,(H,20,24)(H,21,23). The van der Waals surface area contributed by atoms with Crippen LogP contribution in [0.4, 0.5) is 5.69 Å². The lowest BCUT2D eigenvalue weighted by Gasteiger charge is -2.24. The fourth-order valence-corrected chi connectivity index (χ4v) is 3.49. The zero-order valence-corrected chi connectivity index (χ0v) is 16.7. The number of carbonyl (C=O) groups is 2. The Balaban J connectivity index is 2.38. The summed E-state index contributed by atoms with van der Waals surface area (Å²) in [5.41, 5.74) is 0.448. The molecule has 2 amide bonds. The van der Waals surface area contributed by atoms with E-state index in [4.69, 9.17) is 14.2 Å². The van der Waals surface area contributed by atoms with Gasteiger partial charge < -0.3 is 24.8 Å². The minimum atomic E-state index is -0.351. The molecular formula is C19H29N3O5. The minimum absolute atomic E-state index is 0.185. The highest BCUT2D eigenvalue weighted by Crippen LogP contribution is 2.43. The van der Waals surface area contributed by atoms with Crippen LogP contribution in [0, 0.1) is 0 Å². The topological polar surface area (TPSA) is 89.1 Å². The third-order valence-corrected chi connectivity index (χ3v) is 4.78. The van der Waals surface area contributed by atoms with E-state index in [1.165, 1.54) is 28.3 Å². The summed E-state index contributed by atoms with van der Waals surface area (Å²) in [7, 11) is 4.40. The van der Waals surface area contributed by atoms with Gasteiger partial charge in [0.25, 0.3) is 5.91 Å². The van der Waals surface area contributed by atoms with Crippen LogP contribution in [0.2, 0.25) is 0 Å². The van der Waals surface area contributed by atoms with Crippen LogP contribution in [0.15, 0.2) is 6.07 Å². The van der Waals surface area contributed by atoms with Crippen molar-refractivity contribution in [1.82, 2.24) is 10.2 Å². The molecule has 0 aliphatic carbocycles. The molecule has 1 saturated heterocycles. The van der Waals surface area contributed by atoms with Gasteiger partial charge in [-0.1, -0.05) is 6.92 Å². The molecule has 1 aliphatic heterocycles. The van der Waals surface area contributed by atoms with Crippen LogP contribution in [0.1, 0.15) is 37.0 Å². The van der Waals surface area contributed by atoms with E-state index in [-0.39, 0.29) is 28.8 Å². The summed E-state index contributed by atoms with van der Waals surface area (Å²) in [6.45, 7) is 6.01. The first-order valence-corrected chi connectivity index (χ1v) is 9.09. The molecule has 0 aromatic heterocycles. The molecule has 2 rings (SSSR count). The fraction of sp³-hybridized carbons (Fsp3) is 0.579. The molecule has 0 bridgehead atoms. The minimum Gasteiger partial charge on any atom is -0.494 e. The van der Waals surface area contributed by atoms with Crippen LogP contribution in [0.5, 0.6) is 17.2 Å². The number of amides is 2. The number of benzene rings is 1. The monoisotopic (exact) mass is 379 g/mol. The first-order valence-electron chi connectivity index (χ1n) is 9.09. The van der Waals surface area contributed by atoms with Crippen molar-refractivity contribution in [2.24, 2.45) is 0 Å². The molecule has 0 spiro atoms. The summed E-state index contributed by atoms with van der Waals surface area (Å²) in [5, 5.41) is 5.65. The van der Waals surface area contributed by atoms with Gasteiger partial charge in [0.15, 0.2) is 11.5 Å².